The van der Waals surface area contributed by atoms with Crippen LogP contribution in [0, 0.1) is 11.8 Å². The molecule has 0 saturated carbocycles. The monoisotopic (exact) mass is 253 g/mol. The molecule has 1 N–H and O–H groups in total. The van der Waals surface area contributed by atoms with Crippen LogP contribution in [0.5, 0.6) is 0 Å². The predicted octanol–water partition coefficient (Wildman–Crippen LogP) is 1.26. The van der Waals surface area contributed by atoms with Gasteiger partial charge in [-0.15, -0.1) is 0 Å². The highest BCUT2D eigenvalue weighted by atomic mass is 16.5. The molecule has 18 heavy (non-hydrogen) atoms. The topological polar surface area (TPSA) is 60.2 Å². The van der Waals surface area contributed by atoms with Crippen molar-refractivity contribution >= 4 is 0 Å². The van der Waals surface area contributed by atoms with Crippen molar-refractivity contribution in [3.8, 4) is 0 Å². The van der Waals surface area contributed by atoms with Crippen LogP contribution in [0.2, 0.25) is 0 Å². The molecule has 0 radical (unpaired) electrons. The zero-order valence-electron chi connectivity index (χ0n) is 11.2. The number of rotatable bonds is 6. The largest absolute Gasteiger partial charge is 0.393 e. The molecule has 0 aliphatic carbocycles. The summed E-state index contributed by atoms with van der Waals surface area (Å²) in [4.78, 5) is 4.24. The molecule has 0 spiro atoms. The van der Waals surface area contributed by atoms with Crippen LogP contribution in [0.25, 0.3) is 0 Å². The van der Waals surface area contributed by atoms with E-state index in [0.717, 1.165) is 38.4 Å². The van der Waals surface area contributed by atoms with Crippen LogP contribution in [0.4, 0.5) is 0 Å². The maximum atomic E-state index is 10.1. The van der Waals surface area contributed by atoms with Crippen molar-refractivity contribution < 1.29 is 9.84 Å². The van der Waals surface area contributed by atoms with Crippen molar-refractivity contribution in [2.24, 2.45) is 11.8 Å². The molecule has 1 saturated heterocycles. The lowest BCUT2D eigenvalue weighted by atomic mass is 9.99. The lowest BCUT2D eigenvalue weighted by molar-refractivity contribution is 0.126. The van der Waals surface area contributed by atoms with Crippen LogP contribution in [-0.2, 0) is 17.7 Å². The minimum absolute atomic E-state index is 0.341. The number of hydrogen-bond donors (Lipinski definition) is 1. The molecular weight excluding hydrogens is 230 g/mol. The first kappa shape index (κ1) is 13.5. The first-order chi connectivity index (χ1) is 8.65. The van der Waals surface area contributed by atoms with E-state index in [1.807, 2.05) is 4.68 Å². The van der Waals surface area contributed by atoms with Gasteiger partial charge < -0.3 is 9.84 Å². The molecule has 1 aliphatic rings. The third-order valence-corrected chi connectivity index (χ3v) is 3.28. The van der Waals surface area contributed by atoms with Gasteiger partial charge in [0.05, 0.1) is 6.10 Å². The average molecular weight is 253 g/mol. The zero-order valence-corrected chi connectivity index (χ0v) is 11.2. The average Bonchev–Trinajstić information content (AvgIpc) is 2.91. The Kier molecular flexibility index (Phi) is 4.72. The number of ether oxygens (including phenoxy) is 1. The first-order valence-electron chi connectivity index (χ1n) is 6.77. The Bertz CT molecular complexity index is 359. The van der Waals surface area contributed by atoms with Crippen LogP contribution in [-0.4, -0.2) is 39.2 Å². The van der Waals surface area contributed by atoms with Crippen LogP contribution < -0.4 is 0 Å². The smallest absolute Gasteiger partial charge is 0.138 e. The van der Waals surface area contributed by atoms with E-state index in [9.17, 15) is 5.11 Å². The quantitative estimate of drug-likeness (QED) is 0.829. The third-order valence-electron chi connectivity index (χ3n) is 3.28. The predicted molar refractivity (Wildman–Crippen MR) is 68.1 cm³/mol. The van der Waals surface area contributed by atoms with Gasteiger partial charge in [0.25, 0.3) is 0 Å². The maximum Gasteiger partial charge on any atom is 0.138 e. The Balaban J connectivity index is 1.85. The van der Waals surface area contributed by atoms with Gasteiger partial charge in [0.2, 0.25) is 0 Å². The summed E-state index contributed by atoms with van der Waals surface area (Å²) in [6, 6.07) is 0. The van der Waals surface area contributed by atoms with Gasteiger partial charge in [-0.1, -0.05) is 13.8 Å². The lowest BCUT2D eigenvalue weighted by Crippen LogP contribution is -2.20. The Morgan fingerprint density at radius 3 is 3.06 bits per heavy atom. The number of hydrogen-bond acceptors (Lipinski definition) is 4. The normalized spacial score (nSPS) is 21.7. The Labute approximate surface area is 108 Å². The Morgan fingerprint density at radius 2 is 2.39 bits per heavy atom. The number of nitrogens with zero attached hydrogens (tertiary/aromatic N) is 3. The molecule has 1 aliphatic heterocycles. The summed E-state index contributed by atoms with van der Waals surface area (Å²) in [5, 5.41) is 14.3. The molecule has 2 rings (SSSR count). The molecule has 1 aromatic rings. The fourth-order valence-electron chi connectivity index (χ4n) is 2.39. The highest BCUT2D eigenvalue weighted by Crippen LogP contribution is 2.19. The van der Waals surface area contributed by atoms with Crippen molar-refractivity contribution in [3.05, 3.63) is 12.2 Å². The standard InChI is InChI=1S/C13H23N3O2/c1-10(2)7-16-13(14-9-15-16)6-12(17)5-11-3-4-18-8-11/h9-12,17H,3-8H2,1-2H3. The SMILES string of the molecule is CC(C)Cn1ncnc1CC(O)CC1CCOC1. The van der Waals surface area contributed by atoms with Crippen molar-refractivity contribution in [2.45, 2.75) is 45.8 Å². The van der Waals surface area contributed by atoms with Crippen LogP contribution in [0.1, 0.15) is 32.5 Å². The van der Waals surface area contributed by atoms with E-state index < -0.39 is 0 Å². The second-order valence-corrected chi connectivity index (χ2v) is 5.58. The summed E-state index contributed by atoms with van der Waals surface area (Å²) in [6.07, 6.45) is 3.68. The van der Waals surface area contributed by atoms with Crippen LogP contribution in [0.15, 0.2) is 6.33 Å². The Morgan fingerprint density at radius 1 is 1.56 bits per heavy atom. The first-order valence-corrected chi connectivity index (χ1v) is 6.77. The molecule has 2 atom stereocenters. The number of aromatic nitrogens is 3. The summed E-state index contributed by atoms with van der Waals surface area (Å²) in [5.74, 6) is 1.92. The molecule has 5 nitrogen and oxygen atoms in total. The second kappa shape index (κ2) is 6.29. The fourth-order valence-corrected chi connectivity index (χ4v) is 2.39. The van der Waals surface area contributed by atoms with Gasteiger partial charge in [-0.2, -0.15) is 5.10 Å². The van der Waals surface area contributed by atoms with Gasteiger partial charge in [-0.3, -0.25) is 0 Å². The van der Waals surface area contributed by atoms with Crippen molar-refractivity contribution in [1.29, 1.82) is 0 Å². The summed E-state index contributed by atoms with van der Waals surface area (Å²) >= 11 is 0. The highest BCUT2D eigenvalue weighted by Gasteiger charge is 2.21. The lowest BCUT2D eigenvalue weighted by Gasteiger charge is -2.15. The van der Waals surface area contributed by atoms with Crippen LogP contribution >= 0.6 is 0 Å². The van der Waals surface area contributed by atoms with E-state index in [1.54, 1.807) is 6.33 Å². The van der Waals surface area contributed by atoms with Crippen molar-refractivity contribution in [1.82, 2.24) is 14.8 Å². The minimum Gasteiger partial charge on any atom is -0.393 e. The van der Waals surface area contributed by atoms with Gasteiger partial charge >= 0.3 is 0 Å². The summed E-state index contributed by atoms with van der Waals surface area (Å²) in [6.45, 7) is 6.78. The molecular formula is C13H23N3O2. The van der Waals surface area contributed by atoms with Crippen molar-refractivity contribution in [2.75, 3.05) is 13.2 Å². The molecule has 0 amide bonds. The highest BCUT2D eigenvalue weighted by molar-refractivity contribution is 4.88. The van der Waals surface area contributed by atoms with E-state index in [1.165, 1.54) is 0 Å². The molecule has 0 aromatic carbocycles. The summed E-state index contributed by atoms with van der Waals surface area (Å²) in [5.41, 5.74) is 0. The molecule has 1 fully saturated rings. The fraction of sp³-hybridized carbons (Fsp3) is 0.846. The molecule has 1 aromatic heterocycles. The third kappa shape index (κ3) is 3.78. The van der Waals surface area contributed by atoms with Gasteiger partial charge in [0.1, 0.15) is 12.2 Å². The van der Waals surface area contributed by atoms with E-state index in [-0.39, 0.29) is 6.10 Å². The molecule has 2 heterocycles. The Hall–Kier alpha value is -0.940. The minimum atomic E-state index is -0.341. The van der Waals surface area contributed by atoms with Crippen LogP contribution in [0.3, 0.4) is 0 Å². The molecule has 0 bridgehead atoms. The van der Waals surface area contributed by atoms with Crippen molar-refractivity contribution in [3.63, 3.8) is 0 Å². The number of aliphatic hydroxyl groups excluding tert-OH is 1. The van der Waals surface area contributed by atoms with Gasteiger partial charge in [-0.05, 0) is 24.7 Å². The van der Waals surface area contributed by atoms with E-state index in [2.05, 4.69) is 23.9 Å². The zero-order chi connectivity index (χ0) is 13.0. The molecule has 102 valence electrons. The summed E-state index contributed by atoms with van der Waals surface area (Å²) < 4.78 is 7.23. The second-order valence-electron chi connectivity index (χ2n) is 5.58. The molecule has 5 heteroatoms. The van der Waals surface area contributed by atoms with Gasteiger partial charge in [-0.25, -0.2) is 9.67 Å². The van der Waals surface area contributed by atoms with Gasteiger partial charge in [0.15, 0.2) is 0 Å². The van der Waals surface area contributed by atoms with E-state index in [4.69, 9.17) is 4.74 Å². The van der Waals surface area contributed by atoms with E-state index >= 15 is 0 Å². The summed E-state index contributed by atoms with van der Waals surface area (Å²) in [7, 11) is 0. The van der Waals surface area contributed by atoms with E-state index in [0.29, 0.717) is 18.3 Å². The number of aliphatic hydroxyl groups is 1. The molecule has 2 unspecified atom stereocenters. The van der Waals surface area contributed by atoms with Gasteiger partial charge in [0, 0.05) is 26.2 Å². The maximum absolute atomic E-state index is 10.1.